The molecule has 5 heteroatoms. The van der Waals surface area contributed by atoms with Crippen molar-refractivity contribution in [2.75, 3.05) is 6.61 Å². The lowest BCUT2D eigenvalue weighted by Crippen LogP contribution is -2.25. The predicted octanol–water partition coefficient (Wildman–Crippen LogP) is 3.22. The number of benzene rings is 1. The van der Waals surface area contributed by atoms with Crippen LogP contribution in [0.2, 0.25) is 0 Å². The number of aryl methyl sites for hydroxylation is 1. The van der Waals surface area contributed by atoms with E-state index in [-0.39, 0.29) is 6.42 Å². The minimum atomic E-state index is -0.536. The van der Waals surface area contributed by atoms with Gasteiger partial charge < -0.3 is 9.53 Å². The van der Waals surface area contributed by atoms with E-state index >= 15 is 0 Å². The SMILES string of the molecule is CCOC(=O)c1cnn(-c2ccc(C)cc2)c1C(C)(C)CC=O. The summed E-state index contributed by atoms with van der Waals surface area (Å²) < 4.78 is 6.85. The molecule has 0 saturated heterocycles. The Morgan fingerprint density at radius 2 is 1.96 bits per heavy atom. The number of ether oxygens (including phenoxy) is 1. The van der Waals surface area contributed by atoms with Gasteiger partial charge in [0.05, 0.1) is 24.2 Å². The molecule has 1 heterocycles. The topological polar surface area (TPSA) is 61.2 Å². The molecule has 0 aliphatic carbocycles. The number of hydrogen-bond donors (Lipinski definition) is 0. The number of carbonyl (C=O) groups is 2. The number of nitrogens with zero attached hydrogens (tertiary/aromatic N) is 2. The molecule has 0 aliphatic heterocycles. The summed E-state index contributed by atoms with van der Waals surface area (Å²) in [7, 11) is 0. The maximum Gasteiger partial charge on any atom is 0.341 e. The van der Waals surface area contributed by atoms with Crippen LogP contribution >= 0.6 is 0 Å². The normalized spacial score (nSPS) is 11.3. The van der Waals surface area contributed by atoms with Crippen LogP contribution in [0, 0.1) is 6.92 Å². The van der Waals surface area contributed by atoms with Gasteiger partial charge >= 0.3 is 5.97 Å². The lowest BCUT2D eigenvalue weighted by molar-refractivity contribution is -0.108. The summed E-state index contributed by atoms with van der Waals surface area (Å²) in [5.41, 5.74) is 2.54. The summed E-state index contributed by atoms with van der Waals surface area (Å²) in [5, 5.41) is 4.37. The van der Waals surface area contributed by atoms with Crippen LogP contribution in [0.4, 0.5) is 0 Å². The van der Waals surface area contributed by atoms with Gasteiger partial charge in [-0.2, -0.15) is 5.10 Å². The van der Waals surface area contributed by atoms with Gasteiger partial charge in [0.2, 0.25) is 0 Å². The van der Waals surface area contributed by atoms with E-state index in [2.05, 4.69) is 5.10 Å². The van der Waals surface area contributed by atoms with Crippen molar-refractivity contribution in [3.63, 3.8) is 0 Å². The molecule has 2 rings (SSSR count). The third-order valence-electron chi connectivity index (χ3n) is 3.78. The van der Waals surface area contributed by atoms with Gasteiger partial charge in [-0.25, -0.2) is 9.48 Å². The van der Waals surface area contributed by atoms with Crippen molar-refractivity contribution in [1.82, 2.24) is 9.78 Å². The van der Waals surface area contributed by atoms with E-state index in [0.29, 0.717) is 17.9 Å². The van der Waals surface area contributed by atoms with Crippen LogP contribution in [0.15, 0.2) is 30.5 Å². The average Bonchev–Trinajstić information content (AvgIpc) is 2.94. The number of aldehydes is 1. The summed E-state index contributed by atoms with van der Waals surface area (Å²) >= 11 is 0. The Kier molecular flexibility index (Phi) is 4.98. The van der Waals surface area contributed by atoms with Gasteiger partial charge in [-0.15, -0.1) is 0 Å². The van der Waals surface area contributed by atoms with E-state index in [0.717, 1.165) is 17.5 Å². The Hall–Kier alpha value is -2.43. The Morgan fingerprint density at radius 3 is 2.52 bits per heavy atom. The van der Waals surface area contributed by atoms with E-state index in [9.17, 15) is 9.59 Å². The van der Waals surface area contributed by atoms with Gasteiger partial charge in [-0.05, 0) is 26.0 Å². The highest BCUT2D eigenvalue weighted by molar-refractivity contribution is 5.91. The maximum atomic E-state index is 12.3. The van der Waals surface area contributed by atoms with E-state index in [1.54, 1.807) is 11.6 Å². The molecule has 23 heavy (non-hydrogen) atoms. The van der Waals surface area contributed by atoms with E-state index < -0.39 is 11.4 Å². The Labute approximate surface area is 136 Å². The zero-order chi connectivity index (χ0) is 17.0. The average molecular weight is 314 g/mol. The van der Waals surface area contributed by atoms with Crippen LogP contribution in [0.5, 0.6) is 0 Å². The number of hydrogen-bond acceptors (Lipinski definition) is 4. The highest BCUT2D eigenvalue weighted by Gasteiger charge is 2.32. The Morgan fingerprint density at radius 1 is 1.30 bits per heavy atom. The van der Waals surface area contributed by atoms with Crippen molar-refractivity contribution in [1.29, 1.82) is 0 Å². The van der Waals surface area contributed by atoms with E-state index in [4.69, 9.17) is 4.74 Å². The third kappa shape index (κ3) is 3.50. The molecule has 0 amide bonds. The second-order valence-electron chi connectivity index (χ2n) is 6.13. The van der Waals surface area contributed by atoms with Crippen molar-refractivity contribution >= 4 is 12.3 Å². The van der Waals surface area contributed by atoms with Gasteiger partial charge in [0.1, 0.15) is 11.8 Å². The third-order valence-corrected chi connectivity index (χ3v) is 3.78. The van der Waals surface area contributed by atoms with Crippen molar-refractivity contribution in [2.45, 2.75) is 39.5 Å². The van der Waals surface area contributed by atoms with Gasteiger partial charge in [-0.3, -0.25) is 0 Å². The van der Waals surface area contributed by atoms with Crippen LogP contribution in [0.1, 0.15) is 48.8 Å². The minimum Gasteiger partial charge on any atom is -0.462 e. The molecule has 1 aromatic carbocycles. The van der Waals surface area contributed by atoms with Crippen molar-refractivity contribution < 1.29 is 14.3 Å². The molecule has 5 nitrogen and oxygen atoms in total. The molecular weight excluding hydrogens is 292 g/mol. The molecule has 0 spiro atoms. The fraction of sp³-hybridized carbons (Fsp3) is 0.389. The summed E-state index contributed by atoms with van der Waals surface area (Å²) in [5.74, 6) is -0.417. The second kappa shape index (κ2) is 6.77. The molecule has 0 aliphatic rings. The first-order valence-corrected chi connectivity index (χ1v) is 7.67. The second-order valence-corrected chi connectivity index (χ2v) is 6.13. The highest BCUT2D eigenvalue weighted by Crippen LogP contribution is 2.31. The zero-order valence-electron chi connectivity index (χ0n) is 14.0. The predicted molar refractivity (Wildman–Crippen MR) is 88.0 cm³/mol. The first-order chi connectivity index (χ1) is 10.9. The largest absolute Gasteiger partial charge is 0.462 e. The molecule has 0 N–H and O–H groups in total. The number of rotatable bonds is 6. The summed E-state index contributed by atoms with van der Waals surface area (Å²) in [6.07, 6.45) is 2.66. The van der Waals surface area contributed by atoms with Crippen molar-refractivity contribution in [2.24, 2.45) is 0 Å². The standard InChI is InChI=1S/C18H22N2O3/c1-5-23-17(22)15-12-19-20(14-8-6-13(2)7-9-14)16(15)18(3,4)10-11-21/h6-9,11-12H,5,10H2,1-4H3. The van der Waals surface area contributed by atoms with Crippen LogP contribution in [0.25, 0.3) is 5.69 Å². The molecular formula is C18H22N2O3. The quantitative estimate of drug-likeness (QED) is 0.606. The molecule has 0 saturated carbocycles. The molecule has 122 valence electrons. The maximum absolute atomic E-state index is 12.3. The highest BCUT2D eigenvalue weighted by atomic mass is 16.5. The van der Waals surface area contributed by atoms with Crippen LogP contribution in [-0.4, -0.2) is 28.6 Å². The minimum absolute atomic E-state index is 0.289. The molecule has 1 aromatic heterocycles. The van der Waals surface area contributed by atoms with Crippen LogP contribution in [0.3, 0.4) is 0 Å². The molecule has 0 atom stereocenters. The fourth-order valence-electron chi connectivity index (χ4n) is 2.54. The monoisotopic (exact) mass is 314 g/mol. The lowest BCUT2D eigenvalue weighted by Gasteiger charge is -2.25. The number of aromatic nitrogens is 2. The summed E-state index contributed by atoms with van der Waals surface area (Å²) in [4.78, 5) is 23.3. The smallest absolute Gasteiger partial charge is 0.341 e. The van der Waals surface area contributed by atoms with E-state index in [1.807, 2.05) is 45.0 Å². The van der Waals surface area contributed by atoms with Gasteiger partial charge in [0.25, 0.3) is 0 Å². The first-order valence-electron chi connectivity index (χ1n) is 7.67. The molecule has 2 aromatic rings. The van der Waals surface area contributed by atoms with E-state index in [1.165, 1.54) is 6.20 Å². The molecule has 0 radical (unpaired) electrons. The lowest BCUT2D eigenvalue weighted by atomic mass is 9.84. The van der Waals surface area contributed by atoms with Gasteiger partial charge in [-0.1, -0.05) is 31.5 Å². The molecule has 0 unspecified atom stereocenters. The molecule has 0 bridgehead atoms. The Balaban J connectivity index is 2.61. The summed E-state index contributed by atoms with van der Waals surface area (Å²) in [6, 6.07) is 7.85. The van der Waals surface area contributed by atoms with Crippen LogP contribution in [-0.2, 0) is 14.9 Å². The molecule has 0 fully saturated rings. The van der Waals surface area contributed by atoms with Crippen LogP contribution < -0.4 is 0 Å². The number of carbonyl (C=O) groups excluding carboxylic acids is 2. The van der Waals surface area contributed by atoms with Crippen molar-refractivity contribution in [3.8, 4) is 5.69 Å². The number of esters is 1. The zero-order valence-corrected chi connectivity index (χ0v) is 14.0. The summed E-state index contributed by atoms with van der Waals surface area (Å²) in [6.45, 7) is 7.91. The van der Waals surface area contributed by atoms with Crippen molar-refractivity contribution in [3.05, 3.63) is 47.3 Å². The van der Waals surface area contributed by atoms with Gasteiger partial charge in [0, 0.05) is 11.8 Å². The fourth-order valence-corrected chi connectivity index (χ4v) is 2.54. The van der Waals surface area contributed by atoms with Gasteiger partial charge in [0.15, 0.2) is 0 Å². The Bertz CT molecular complexity index is 700. The first kappa shape index (κ1) is 16.9.